The molecule has 0 spiro atoms. The second-order valence-corrected chi connectivity index (χ2v) is 14.0. The molecule has 4 unspecified atom stereocenters. The zero-order valence-corrected chi connectivity index (χ0v) is 26.8. The summed E-state index contributed by atoms with van der Waals surface area (Å²) in [5.41, 5.74) is 1.78. The van der Waals surface area contributed by atoms with E-state index in [-0.39, 0.29) is 30.2 Å². The van der Waals surface area contributed by atoms with E-state index in [0.717, 1.165) is 49.5 Å². The van der Waals surface area contributed by atoms with Gasteiger partial charge in [-0.1, -0.05) is 79.9 Å². The summed E-state index contributed by atoms with van der Waals surface area (Å²) in [5, 5.41) is 9.15. The van der Waals surface area contributed by atoms with Crippen molar-refractivity contribution < 1.29 is 22.8 Å². The van der Waals surface area contributed by atoms with Gasteiger partial charge in [0.05, 0.1) is 24.3 Å². The van der Waals surface area contributed by atoms with Gasteiger partial charge in [0.2, 0.25) is 27.7 Å². The highest BCUT2D eigenvalue weighted by Gasteiger charge is 2.43. The second-order valence-electron chi connectivity index (χ2n) is 12.1. The maximum atomic E-state index is 14.3. The number of sulfonamides is 1. The summed E-state index contributed by atoms with van der Waals surface area (Å²) >= 11 is 0. The van der Waals surface area contributed by atoms with Crippen molar-refractivity contribution in [3.05, 3.63) is 71.8 Å². The van der Waals surface area contributed by atoms with Crippen LogP contribution < -0.4 is 20.7 Å². The van der Waals surface area contributed by atoms with Crippen LogP contribution in [0.1, 0.15) is 69.0 Å². The quantitative estimate of drug-likeness (QED) is 0.270. The predicted octanol–water partition coefficient (Wildman–Crippen LogP) is 2.72. The average Bonchev–Trinajstić information content (AvgIpc) is 3.52. The van der Waals surface area contributed by atoms with Crippen molar-refractivity contribution in [3.8, 4) is 0 Å². The van der Waals surface area contributed by atoms with Gasteiger partial charge in [0.15, 0.2) is 0 Å². The van der Waals surface area contributed by atoms with E-state index in [1.165, 1.54) is 0 Å². The number of likely N-dealkylation sites (N-methyl/N-ethyl adjacent to an activating group) is 1. The number of benzene rings is 2. The average molecular weight is 626 g/mol. The van der Waals surface area contributed by atoms with E-state index in [9.17, 15) is 22.8 Å². The molecule has 44 heavy (non-hydrogen) atoms. The first-order chi connectivity index (χ1) is 21.1. The molecule has 3 amide bonds. The van der Waals surface area contributed by atoms with Crippen LogP contribution in [0.2, 0.25) is 0 Å². The topological polar surface area (TPSA) is 137 Å². The van der Waals surface area contributed by atoms with Crippen molar-refractivity contribution >= 4 is 27.7 Å². The Hall–Kier alpha value is -3.28. The summed E-state index contributed by atoms with van der Waals surface area (Å²) in [7, 11) is -1.91. The number of carbonyl (C=O) groups excluding carboxylic acids is 3. The van der Waals surface area contributed by atoms with Gasteiger partial charge in [-0.05, 0) is 56.7 Å². The predicted molar refractivity (Wildman–Crippen MR) is 171 cm³/mol. The second kappa shape index (κ2) is 15.6. The Morgan fingerprint density at radius 2 is 1.43 bits per heavy atom. The summed E-state index contributed by atoms with van der Waals surface area (Å²) in [6.45, 7) is 2.05. The number of rotatable bonds is 13. The maximum absolute atomic E-state index is 14.3. The van der Waals surface area contributed by atoms with E-state index >= 15 is 0 Å². The molecular formula is C33H47N5O5S. The number of carbonyl (C=O) groups is 3. The molecule has 2 aliphatic rings. The van der Waals surface area contributed by atoms with Gasteiger partial charge in [-0.15, -0.1) is 0 Å². The molecule has 2 fully saturated rings. The third-order valence-corrected chi connectivity index (χ3v) is 9.70. The van der Waals surface area contributed by atoms with Gasteiger partial charge >= 0.3 is 0 Å². The molecule has 2 aromatic carbocycles. The summed E-state index contributed by atoms with van der Waals surface area (Å²) < 4.78 is 26.9. The summed E-state index contributed by atoms with van der Waals surface area (Å²) in [6, 6.07) is 17.1. The fourth-order valence-electron chi connectivity index (χ4n) is 6.47. The molecule has 11 heteroatoms. The van der Waals surface area contributed by atoms with Crippen LogP contribution >= 0.6 is 0 Å². The van der Waals surface area contributed by atoms with Crippen LogP contribution in [0, 0.1) is 11.8 Å². The van der Waals surface area contributed by atoms with Crippen molar-refractivity contribution in [3.63, 3.8) is 0 Å². The van der Waals surface area contributed by atoms with Crippen molar-refractivity contribution in [1.29, 1.82) is 0 Å². The molecule has 1 saturated carbocycles. The van der Waals surface area contributed by atoms with Crippen LogP contribution in [-0.4, -0.2) is 75.6 Å². The number of amides is 3. The molecule has 0 bridgehead atoms. The number of nitrogens with zero attached hydrogens (tertiary/aromatic N) is 1. The molecule has 1 heterocycles. The van der Waals surface area contributed by atoms with E-state index in [4.69, 9.17) is 0 Å². The maximum Gasteiger partial charge on any atom is 0.245 e. The molecule has 0 aromatic heterocycles. The fourth-order valence-corrected chi connectivity index (χ4v) is 6.95. The van der Waals surface area contributed by atoms with Crippen molar-refractivity contribution in [2.24, 2.45) is 11.8 Å². The molecule has 4 rings (SSSR count). The zero-order chi connectivity index (χ0) is 31.7. The molecule has 4 N–H and O–H groups in total. The highest BCUT2D eigenvalue weighted by molar-refractivity contribution is 7.88. The molecule has 1 aliphatic carbocycles. The minimum absolute atomic E-state index is 0.00692. The number of likely N-dealkylation sites (tertiary alicyclic amines) is 1. The van der Waals surface area contributed by atoms with Crippen LogP contribution in [0.25, 0.3) is 0 Å². The Bertz CT molecular complexity index is 1310. The standard InChI is InChI=1S/C33H47N5O5S/c1-23(34-2)31(39)37-30(26-18-11-6-12-19-26)33(41)38-21-13-20-28(38)27(22-35-44(3,42)43)32(40)36-29(24-14-7-4-8-15-24)25-16-9-5-10-17-25/h4-5,7-10,14-17,23,26-30,34-35H,6,11-13,18-22H2,1-3H3,(H,36,40)(H,37,39). The minimum atomic E-state index is -3.61. The van der Waals surface area contributed by atoms with Crippen molar-refractivity contribution in [2.75, 3.05) is 26.4 Å². The Balaban J connectivity index is 1.63. The van der Waals surface area contributed by atoms with Gasteiger partial charge in [0.1, 0.15) is 6.04 Å². The number of nitrogens with one attached hydrogen (secondary N) is 4. The molecule has 1 saturated heterocycles. The molecule has 240 valence electrons. The van der Waals surface area contributed by atoms with Crippen LogP contribution in [0.5, 0.6) is 0 Å². The van der Waals surface area contributed by atoms with Gasteiger partial charge in [-0.2, -0.15) is 0 Å². The molecule has 4 atom stereocenters. The first-order valence-electron chi connectivity index (χ1n) is 15.7. The van der Waals surface area contributed by atoms with Gasteiger partial charge < -0.3 is 20.9 Å². The Morgan fingerprint density at radius 1 is 0.841 bits per heavy atom. The fraction of sp³-hybridized carbons (Fsp3) is 0.545. The Morgan fingerprint density at radius 3 is 1.98 bits per heavy atom. The normalized spacial score (nSPS) is 19.7. The van der Waals surface area contributed by atoms with Crippen LogP contribution in [0.15, 0.2) is 60.7 Å². The van der Waals surface area contributed by atoms with E-state index in [1.807, 2.05) is 60.7 Å². The molecule has 10 nitrogen and oxygen atoms in total. The lowest BCUT2D eigenvalue weighted by Gasteiger charge is -2.37. The van der Waals surface area contributed by atoms with Crippen molar-refractivity contribution in [1.82, 2.24) is 25.6 Å². The lowest BCUT2D eigenvalue weighted by atomic mass is 9.82. The lowest BCUT2D eigenvalue weighted by molar-refractivity contribution is -0.141. The van der Waals surface area contributed by atoms with E-state index in [2.05, 4.69) is 20.7 Å². The van der Waals surface area contributed by atoms with E-state index < -0.39 is 40.1 Å². The number of hydrogen-bond acceptors (Lipinski definition) is 6. The SMILES string of the molecule is CNC(C)C(=O)NC(C(=O)N1CCCC1C(CNS(C)(=O)=O)C(=O)NC(c1ccccc1)c1ccccc1)C1CCCCC1. The van der Waals surface area contributed by atoms with E-state index in [0.29, 0.717) is 19.4 Å². The Kier molecular flexibility index (Phi) is 11.9. The van der Waals surface area contributed by atoms with E-state index in [1.54, 1.807) is 18.9 Å². The summed E-state index contributed by atoms with van der Waals surface area (Å²) in [5.74, 6) is -1.62. The number of hydrogen-bond donors (Lipinski definition) is 4. The lowest BCUT2D eigenvalue weighted by Crippen LogP contribution is -2.58. The van der Waals surface area contributed by atoms with Gasteiger partial charge in [0.25, 0.3) is 0 Å². The summed E-state index contributed by atoms with van der Waals surface area (Å²) in [6.07, 6.45) is 7.09. The third-order valence-electron chi connectivity index (χ3n) is 9.01. The zero-order valence-electron chi connectivity index (χ0n) is 26.0. The van der Waals surface area contributed by atoms with Crippen LogP contribution in [0.4, 0.5) is 0 Å². The Labute approximate surface area is 261 Å². The van der Waals surface area contributed by atoms with Crippen molar-refractivity contribution in [2.45, 2.75) is 76.0 Å². The van der Waals surface area contributed by atoms with Gasteiger partial charge in [0, 0.05) is 19.1 Å². The van der Waals surface area contributed by atoms with Crippen LogP contribution in [0.3, 0.4) is 0 Å². The van der Waals surface area contributed by atoms with Gasteiger partial charge in [-0.25, -0.2) is 13.1 Å². The molecule has 1 aliphatic heterocycles. The first-order valence-corrected chi connectivity index (χ1v) is 17.6. The van der Waals surface area contributed by atoms with Gasteiger partial charge in [-0.3, -0.25) is 14.4 Å². The highest BCUT2D eigenvalue weighted by atomic mass is 32.2. The molecule has 2 aromatic rings. The van der Waals surface area contributed by atoms with Crippen LogP contribution in [-0.2, 0) is 24.4 Å². The summed E-state index contributed by atoms with van der Waals surface area (Å²) in [4.78, 5) is 43.2. The smallest absolute Gasteiger partial charge is 0.245 e. The molecular weight excluding hydrogens is 578 g/mol. The highest BCUT2D eigenvalue weighted by Crippen LogP contribution is 2.32. The first kappa shape index (κ1) is 33.6. The monoisotopic (exact) mass is 625 g/mol. The molecule has 0 radical (unpaired) electrons. The minimum Gasteiger partial charge on any atom is -0.345 e. The largest absolute Gasteiger partial charge is 0.345 e. The third kappa shape index (κ3) is 8.89.